The Morgan fingerprint density at radius 3 is 2.34 bits per heavy atom. The van der Waals surface area contributed by atoms with Crippen molar-refractivity contribution in [3.63, 3.8) is 0 Å². The van der Waals surface area contributed by atoms with Crippen molar-refractivity contribution in [1.29, 1.82) is 0 Å². The van der Waals surface area contributed by atoms with Crippen molar-refractivity contribution in [2.24, 2.45) is 0 Å². The molecule has 0 heterocycles. The van der Waals surface area contributed by atoms with Gasteiger partial charge in [0.15, 0.2) is 0 Å². The molecule has 3 aromatic rings. The van der Waals surface area contributed by atoms with Crippen molar-refractivity contribution in [3.8, 4) is 5.75 Å². The SMILES string of the molecule is CCc1ccccc1NC(=O)C(Cc1ccccc1)NS(=O)(=O)c1ccc(OC)c(C)c1. The molecule has 3 rings (SSSR count). The Morgan fingerprint density at radius 2 is 1.69 bits per heavy atom. The fourth-order valence-electron chi connectivity index (χ4n) is 3.48. The van der Waals surface area contributed by atoms with E-state index in [1.165, 1.54) is 19.2 Å². The molecule has 0 spiro atoms. The number of sulfonamides is 1. The van der Waals surface area contributed by atoms with Gasteiger partial charge in [-0.3, -0.25) is 4.79 Å². The fourth-order valence-corrected chi connectivity index (χ4v) is 4.76. The smallest absolute Gasteiger partial charge is 0.242 e. The molecular weight excluding hydrogens is 424 g/mol. The van der Waals surface area contributed by atoms with Gasteiger partial charge in [-0.25, -0.2) is 8.42 Å². The van der Waals surface area contributed by atoms with E-state index < -0.39 is 22.0 Å². The van der Waals surface area contributed by atoms with Gasteiger partial charge in [-0.2, -0.15) is 4.72 Å². The highest BCUT2D eigenvalue weighted by Crippen LogP contribution is 2.22. The van der Waals surface area contributed by atoms with Gasteiger partial charge in [0.2, 0.25) is 15.9 Å². The van der Waals surface area contributed by atoms with Gasteiger partial charge in [0, 0.05) is 5.69 Å². The molecule has 0 aliphatic carbocycles. The zero-order valence-electron chi connectivity index (χ0n) is 18.5. The Hall–Kier alpha value is -3.16. The van der Waals surface area contributed by atoms with Gasteiger partial charge in [-0.05, 0) is 60.7 Å². The largest absolute Gasteiger partial charge is 0.496 e. The van der Waals surface area contributed by atoms with Crippen LogP contribution >= 0.6 is 0 Å². The summed E-state index contributed by atoms with van der Waals surface area (Å²) in [5, 5.41) is 2.90. The molecule has 7 heteroatoms. The van der Waals surface area contributed by atoms with E-state index >= 15 is 0 Å². The molecule has 32 heavy (non-hydrogen) atoms. The third-order valence-corrected chi connectivity index (χ3v) is 6.70. The molecule has 0 aromatic heterocycles. The molecule has 0 fully saturated rings. The lowest BCUT2D eigenvalue weighted by Gasteiger charge is -2.20. The third kappa shape index (κ3) is 5.75. The summed E-state index contributed by atoms with van der Waals surface area (Å²) < 4.78 is 34.1. The number of hydrogen-bond donors (Lipinski definition) is 2. The van der Waals surface area contributed by atoms with Crippen LogP contribution in [0.2, 0.25) is 0 Å². The zero-order valence-corrected chi connectivity index (χ0v) is 19.3. The second-order valence-corrected chi connectivity index (χ2v) is 9.21. The van der Waals surface area contributed by atoms with Crippen LogP contribution in [0.5, 0.6) is 5.75 Å². The standard InChI is InChI=1S/C25H28N2O4S/c1-4-20-12-8-9-13-22(20)26-25(28)23(17-19-10-6-5-7-11-19)27-32(29,30)21-14-15-24(31-3)18(2)16-21/h5-16,23,27H,4,17H2,1-3H3,(H,26,28). The molecule has 0 bridgehead atoms. The summed E-state index contributed by atoms with van der Waals surface area (Å²) in [7, 11) is -2.42. The van der Waals surface area contributed by atoms with Crippen molar-refractivity contribution in [2.75, 3.05) is 12.4 Å². The summed E-state index contributed by atoms with van der Waals surface area (Å²) in [6.07, 6.45) is 0.964. The van der Waals surface area contributed by atoms with Crippen LogP contribution in [0, 0.1) is 6.92 Å². The minimum Gasteiger partial charge on any atom is -0.496 e. The Bertz CT molecular complexity index is 1180. The van der Waals surface area contributed by atoms with Crippen molar-refractivity contribution in [3.05, 3.63) is 89.5 Å². The maximum absolute atomic E-state index is 13.2. The lowest BCUT2D eigenvalue weighted by Crippen LogP contribution is -2.45. The highest BCUT2D eigenvalue weighted by atomic mass is 32.2. The molecule has 3 aromatic carbocycles. The summed E-state index contributed by atoms with van der Waals surface area (Å²) in [5.41, 5.74) is 3.20. The molecule has 1 atom stereocenters. The van der Waals surface area contributed by atoms with Crippen molar-refractivity contribution >= 4 is 21.6 Å². The molecule has 0 saturated carbocycles. The van der Waals surface area contributed by atoms with Gasteiger partial charge >= 0.3 is 0 Å². The lowest BCUT2D eigenvalue weighted by molar-refractivity contribution is -0.117. The number of hydrogen-bond acceptors (Lipinski definition) is 4. The van der Waals surface area contributed by atoms with Gasteiger partial charge in [-0.15, -0.1) is 0 Å². The number of ether oxygens (including phenoxy) is 1. The fraction of sp³-hybridized carbons (Fsp3) is 0.240. The second-order valence-electron chi connectivity index (χ2n) is 7.49. The van der Waals surface area contributed by atoms with Crippen LogP contribution in [0.15, 0.2) is 77.7 Å². The van der Waals surface area contributed by atoms with Gasteiger partial charge in [0.25, 0.3) is 0 Å². The Morgan fingerprint density at radius 1 is 1.00 bits per heavy atom. The molecule has 2 N–H and O–H groups in total. The zero-order chi connectivity index (χ0) is 23.1. The predicted octanol–water partition coefficient (Wildman–Crippen LogP) is 4.09. The molecule has 168 valence electrons. The molecule has 1 unspecified atom stereocenters. The van der Waals surface area contributed by atoms with E-state index in [-0.39, 0.29) is 11.3 Å². The number of nitrogens with one attached hydrogen (secondary N) is 2. The van der Waals surface area contributed by atoms with Gasteiger partial charge < -0.3 is 10.1 Å². The summed E-state index contributed by atoms with van der Waals surface area (Å²) in [6, 6.07) is 20.4. The highest BCUT2D eigenvalue weighted by Gasteiger charge is 2.27. The normalized spacial score (nSPS) is 12.2. The third-order valence-electron chi connectivity index (χ3n) is 5.23. The van der Waals surface area contributed by atoms with Gasteiger partial charge in [0.1, 0.15) is 11.8 Å². The maximum atomic E-state index is 13.2. The topological polar surface area (TPSA) is 84.5 Å². The first-order valence-electron chi connectivity index (χ1n) is 10.4. The second kappa shape index (κ2) is 10.4. The molecule has 0 aliphatic rings. The lowest BCUT2D eigenvalue weighted by atomic mass is 10.1. The van der Waals surface area contributed by atoms with E-state index in [1.54, 1.807) is 13.0 Å². The first-order valence-corrected chi connectivity index (χ1v) is 11.9. The summed E-state index contributed by atoms with van der Waals surface area (Å²) >= 11 is 0. The van der Waals surface area contributed by atoms with Crippen LogP contribution < -0.4 is 14.8 Å². The van der Waals surface area contributed by atoms with E-state index in [4.69, 9.17) is 4.74 Å². The molecule has 0 aliphatic heterocycles. The van der Waals surface area contributed by atoms with Crippen LogP contribution in [0.25, 0.3) is 0 Å². The summed E-state index contributed by atoms with van der Waals surface area (Å²) in [6.45, 7) is 3.77. The van der Waals surface area contributed by atoms with E-state index in [0.29, 0.717) is 17.0 Å². The Kier molecular flexibility index (Phi) is 7.66. The average molecular weight is 453 g/mol. The van der Waals surface area contributed by atoms with Crippen LogP contribution in [-0.4, -0.2) is 27.5 Å². The summed E-state index contributed by atoms with van der Waals surface area (Å²) in [4.78, 5) is 13.3. The average Bonchev–Trinajstić information content (AvgIpc) is 2.79. The Labute approximate surface area is 189 Å². The van der Waals surface area contributed by atoms with E-state index in [2.05, 4.69) is 10.0 Å². The number of methoxy groups -OCH3 is 1. The van der Waals surface area contributed by atoms with E-state index in [0.717, 1.165) is 17.5 Å². The van der Waals surface area contributed by atoms with Gasteiger partial charge in [-0.1, -0.05) is 55.5 Å². The highest BCUT2D eigenvalue weighted by molar-refractivity contribution is 7.89. The van der Waals surface area contributed by atoms with Crippen molar-refractivity contribution in [1.82, 2.24) is 4.72 Å². The number of anilines is 1. The predicted molar refractivity (Wildman–Crippen MR) is 126 cm³/mol. The van der Waals surface area contributed by atoms with Crippen molar-refractivity contribution in [2.45, 2.75) is 37.6 Å². The molecule has 1 amide bonds. The Balaban J connectivity index is 1.90. The number of rotatable bonds is 9. The van der Waals surface area contributed by atoms with Gasteiger partial charge in [0.05, 0.1) is 12.0 Å². The first-order chi connectivity index (χ1) is 15.3. The number of carbonyl (C=O) groups excluding carboxylic acids is 1. The van der Waals surface area contributed by atoms with E-state index in [1.807, 2.05) is 61.5 Å². The quantitative estimate of drug-likeness (QED) is 0.512. The molecular formula is C25H28N2O4S. The minimum absolute atomic E-state index is 0.0793. The number of aryl methyl sites for hydroxylation is 2. The molecule has 0 radical (unpaired) electrons. The monoisotopic (exact) mass is 452 g/mol. The van der Waals surface area contributed by atoms with Crippen molar-refractivity contribution < 1.29 is 17.9 Å². The molecule has 0 saturated heterocycles. The number of para-hydroxylation sites is 1. The minimum atomic E-state index is -3.95. The molecule has 6 nitrogen and oxygen atoms in total. The number of amides is 1. The number of carbonyl (C=O) groups is 1. The number of benzene rings is 3. The first kappa shape index (κ1) is 23.5. The van der Waals surface area contributed by atoms with Crippen LogP contribution in [0.1, 0.15) is 23.6 Å². The van der Waals surface area contributed by atoms with Crippen LogP contribution in [0.3, 0.4) is 0 Å². The maximum Gasteiger partial charge on any atom is 0.242 e. The van der Waals surface area contributed by atoms with Crippen LogP contribution in [-0.2, 0) is 27.7 Å². The summed E-state index contributed by atoms with van der Waals surface area (Å²) in [5.74, 6) is 0.183. The van der Waals surface area contributed by atoms with E-state index in [9.17, 15) is 13.2 Å². The van der Waals surface area contributed by atoms with Crippen LogP contribution in [0.4, 0.5) is 5.69 Å².